The maximum Gasteiger partial charge on any atom is 0.220 e. The molecular weight excluding hydrogens is 755 g/mol. The van der Waals surface area contributed by atoms with E-state index in [4.69, 9.17) is 9.47 Å². The average Bonchev–Trinajstić information content (AvgIpc) is 3.25. The van der Waals surface area contributed by atoms with E-state index >= 15 is 0 Å². The number of rotatable bonds is 42. The standard InChI is InChI=1S/C51H95NO8/c1-3-5-7-9-11-13-15-16-17-18-19-20-21-22-23-24-25-26-27-28-29-31-33-35-37-39-41-47(55)52-44(43-59-51-50(58)49(57)48(56)46(42-53)60-51)45(54)40-38-36-34-32-30-14-12-10-8-6-4-2/h22-23,30,32,38,40,44-46,48-51,53-54,56-58H,3-21,24-29,31,33-37,39,41-43H2,1-2H3,(H,52,55)/b23-22-,32-30+,40-38+. The molecular formula is C51H95NO8. The molecule has 1 saturated heterocycles. The number of hydrogen-bond donors (Lipinski definition) is 6. The van der Waals surface area contributed by atoms with E-state index in [1.807, 2.05) is 6.08 Å². The molecule has 1 aliphatic heterocycles. The number of unbranched alkanes of at least 4 members (excludes halogenated alkanes) is 28. The van der Waals surface area contributed by atoms with Crippen molar-refractivity contribution >= 4 is 5.91 Å². The number of nitrogens with one attached hydrogen (secondary N) is 1. The van der Waals surface area contributed by atoms with Crippen molar-refractivity contribution in [2.75, 3.05) is 13.2 Å². The number of ether oxygens (including phenoxy) is 2. The van der Waals surface area contributed by atoms with Crippen LogP contribution in [0.25, 0.3) is 0 Å². The summed E-state index contributed by atoms with van der Waals surface area (Å²) in [5, 5.41) is 54.1. The Labute approximate surface area is 368 Å². The van der Waals surface area contributed by atoms with Gasteiger partial charge in [-0.2, -0.15) is 0 Å². The quantitative estimate of drug-likeness (QED) is 0.0263. The third kappa shape index (κ3) is 31.3. The zero-order chi connectivity index (χ0) is 43.7. The van der Waals surface area contributed by atoms with Gasteiger partial charge in [0.2, 0.25) is 5.91 Å². The van der Waals surface area contributed by atoms with Gasteiger partial charge >= 0.3 is 0 Å². The van der Waals surface area contributed by atoms with Gasteiger partial charge in [-0.3, -0.25) is 4.79 Å². The van der Waals surface area contributed by atoms with Gasteiger partial charge in [0.05, 0.1) is 25.4 Å². The predicted molar refractivity (Wildman–Crippen MR) is 249 cm³/mol. The Morgan fingerprint density at radius 3 is 1.40 bits per heavy atom. The van der Waals surface area contributed by atoms with Gasteiger partial charge in [-0.1, -0.05) is 198 Å². The Morgan fingerprint density at radius 2 is 0.950 bits per heavy atom. The average molecular weight is 850 g/mol. The molecule has 1 amide bonds. The molecule has 0 aromatic heterocycles. The molecule has 0 aliphatic carbocycles. The maximum atomic E-state index is 13.0. The zero-order valence-corrected chi connectivity index (χ0v) is 38.7. The SMILES string of the molecule is CCCCCCC/C=C/CC/C=C/C(O)C(COC1OC(CO)C(O)C(O)C1O)NC(=O)CCCCCCCCCCCC/C=C\CCCCCCCCCCCCCC. The van der Waals surface area contributed by atoms with E-state index < -0.39 is 49.5 Å². The van der Waals surface area contributed by atoms with E-state index in [-0.39, 0.29) is 12.5 Å². The molecule has 1 fully saturated rings. The van der Waals surface area contributed by atoms with Crippen LogP contribution in [0.2, 0.25) is 0 Å². The zero-order valence-electron chi connectivity index (χ0n) is 38.7. The Kier molecular flexibility index (Phi) is 39.0. The van der Waals surface area contributed by atoms with E-state index in [0.29, 0.717) is 6.42 Å². The second-order valence-electron chi connectivity index (χ2n) is 17.6. The third-order valence-electron chi connectivity index (χ3n) is 11.9. The lowest BCUT2D eigenvalue weighted by atomic mass is 9.99. The lowest BCUT2D eigenvalue weighted by Crippen LogP contribution is -2.60. The van der Waals surface area contributed by atoms with E-state index in [1.165, 1.54) is 167 Å². The minimum atomic E-state index is -1.57. The van der Waals surface area contributed by atoms with Crippen molar-refractivity contribution in [2.24, 2.45) is 0 Å². The van der Waals surface area contributed by atoms with Crippen molar-refractivity contribution in [3.8, 4) is 0 Å². The van der Waals surface area contributed by atoms with Crippen LogP contribution >= 0.6 is 0 Å². The first-order valence-corrected chi connectivity index (χ1v) is 25.2. The van der Waals surface area contributed by atoms with Crippen LogP contribution in [0.4, 0.5) is 0 Å². The summed E-state index contributed by atoms with van der Waals surface area (Å²) in [5.74, 6) is -0.189. The van der Waals surface area contributed by atoms with Gasteiger partial charge in [0.15, 0.2) is 6.29 Å². The van der Waals surface area contributed by atoms with Gasteiger partial charge in [-0.25, -0.2) is 0 Å². The molecule has 7 atom stereocenters. The molecule has 1 rings (SSSR count). The van der Waals surface area contributed by atoms with Crippen molar-refractivity contribution in [1.82, 2.24) is 5.32 Å². The lowest BCUT2D eigenvalue weighted by Gasteiger charge is -2.40. The van der Waals surface area contributed by atoms with Crippen LogP contribution in [0.5, 0.6) is 0 Å². The largest absolute Gasteiger partial charge is 0.394 e. The van der Waals surface area contributed by atoms with E-state index in [9.17, 15) is 30.3 Å². The van der Waals surface area contributed by atoms with Gasteiger partial charge < -0.3 is 40.3 Å². The molecule has 352 valence electrons. The normalized spacial score (nSPS) is 20.8. The van der Waals surface area contributed by atoms with Crippen LogP contribution in [0, 0.1) is 0 Å². The number of carbonyl (C=O) groups is 1. The van der Waals surface area contributed by atoms with Crippen molar-refractivity contribution in [1.29, 1.82) is 0 Å². The Hall–Kier alpha value is -1.59. The summed E-state index contributed by atoms with van der Waals surface area (Å²) in [6.07, 6.45) is 45.0. The van der Waals surface area contributed by atoms with Crippen LogP contribution in [0.3, 0.4) is 0 Å². The first kappa shape index (κ1) is 56.4. The summed E-state index contributed by atoms with van der Waals surface area (Å²) in [6.45, 7) is 3.74. The third-order valence-corrected chi connectivity index (χ3v) is 11.9. The number of carbonyl (C=O) groups excluding carboxylic acids is 1. The minimum Gasteiger partial charge on any atom is -0.394 e. The molecule has 0 radical (unpaired) electrons. The lowest BCUT2D eigenvalue weighted by molar-refractivity contribution is -0.302. The molecule has 60 heavy (non-hydrogen) atoms. The molecule has 9 heteroatoms. The summed E-state index contributed by atoms with van der Waals surface area (Å²) in [7, 11) is 0. The number of aliphatic hydroxyl groups excluding tert-OH is 5. The molecule has 1 heterocycles. The van der Waals surface area contributed by atoms with Gasteiger partial charge in [0.1, 0.15) is 24.4 Å². The summed E-state index contributed by atoms with van der Waals surface area (Å²) in [4.78, 5) is 13.0. The summed E-state index contributed by atoms with van der Waals surface area (Å²) < 4.78 is 11.2. The first-order chi connectivity index (χ1) is 29.3. The maximum absolute atomic E-state index is 13.0. The van der Waals surface area contributed by atoms with Gasteiger partial charge in [0, 0.05) is 6.42 Å². The second kappa shape index (κ2) is 41.4. The number of aliphatic hydroxyl groups is 5. The van der Waals surface area contributed by atoms with Crippen molar-refractivity contribution < 1.29 is 39.8 Å². The van der Waals surface area contributed by atoms with Gasteiger partial charge in [-0.15, -0.1) is 0 Å². The summed E-state index contributed by atoms with van der Waals surface area (Å²) >= 11 is 0. The Balaban J connectivity index is 2.21. The molecule has 9 nitrogen and oxygen atoms in total. The Morgan fingerprint density at radius 1 is 0.550 bits per heavy atom. The number of amides is 1. The highest BCUT2D eigenvalue weighted by Crippen LogP contribution is 2.23. The second-order valence-corrected chi connectivity index (χ2v) is 17.6. The van der Waals surface area contributed by atoms with Crippen LogP contribution in [0.15, 0.2) is 36.5 Å². The highest BCUT2D eigenvalue weighted by molar-refractivity contribution is 5.76. The fourth-order valence-electron chi connectivity index (χ4n) is 7.87. The van der Waals surface area contributed by atoms with E-state index in [1.54, 1.807) is 6.08 Å². The Bertz CT molecular complexity index is 1030. The molecule has 0 aromatic carbocycles. The van der Waals surface area contributed by atoms with Gasteiger partial charge in [-0.05, 0) is 57.8 Å². The van der Waals surface area contributed by atoms with Crippen LogP contribution < -0.4 is 5.32 Å². The van der Waals surface area contributed by atoms with E-state index in [2.05, 4.69) is 43.5 Å². The highest BCUT2D eigenvalue weighted by Gasteiger charge is 2.44. The highest BCUT2D eigenvalue weighted by atomic mass is 16.7. The topological polar surface area (TPSA) is 149 Å². The predicted octanol–water partition coefficient (Wildman–Crippen LogP) is 11.2. The van der Waals surface area contributed by atoms with Crippen LogP contribution in [-0.4, -0.2) is 87.5 Å². The number of hydrogen-bond acceptors (Lipinski definition) is 8. The van der Waals surface area contributed by atoms with Crippen molar-refractivity contribution in [3.63, 3.8) is 0 Å². The summed E-state index contributed by atoms with van der Waals surface area (Å²) in [5.41, 5.74) is 0. The fourth-order valence-corrected chi connectivity index (χ4v) is 7.87. The fraction of sp³-hybridized carbons (Fsp3) is 0.863. The van der Waals surface area contributed by atoms with E-state index in [0.717, 1.165) is 38.5 Å². The monoisotopic (exact) mass is 850 g/mol. The first-order valence-electron chi connectivity index (χ1n) is 25.2. The number of allylic oxidation sites excluding steroid dienone is 5. The molecule has 0 spiro atoms. The molecule has 1 aliphatic rings. The molecule has 7 unspecified atom stereocenters. The molecule has 0 saturated carbocycles. The molecule has 6 N–H and O–H groups in total. The molecule has 0 aromatic rings. The van der Waals surface area contributed by atoms with Crippen LogP contribution in [-0.2, 0) is 14.3 Å². The smallest absolute Gasteiger partial charge is 0.220 e. The minimum absolute atomic E-state index is 0.189. The summed E-state index contributed by atoms with van der Waals surface area (Å²) in [6, 6.07) is -0.820. The van der Waals surface area contributed by atoms with Crippen LogP contribution in [0.1, 0.15) is 226 Å². The van der Waals surface area contributed by atoms with Gasteiger partial charge in [0.25, 0.3) is 0 Å². The van der Waals surface area contributed by atoms with Crippen molar-refractivity contribution in [2.45, 2.75) is 269 Å². The van der Waals surface area contributed by atoms with Crippen molar-refractivity contribution in [3.05, 3.63) is 36.5 Å². The molecule has 0 bridgehead atoms.